The van der Waals surface area contributed by atoms with E-state index in [4.69, 9.17) is 0 Å². The Hall–Kier alpha value is -1.25. The van der Waals surface area contributed by atoms with Crippen molar-refractivity contribution in [1.29, 1.82) is 0 Å². The average molecular weight is 226 g/mol. The van der Waals surface area contributed by atoms with Crippen molar-refractivity contribution < 1.29 is 13.2 Å². The highest BCUT2D eigenvalue weighted by Gasteiger charge is 2.30. The molecule has 0 bridgehead atoms. The van der Waals surface area contributed by atoms with Crippen LogP contribution < -0.4 is 0 Å². The Bertz CT molecular complexity index is 410. The van der Waals surface area contributed by atoms with Gasteiger partial charge in [0, 0.05) is 0 Å². The summed E-state index contributed by atoms with van der Waals surface area (Å²) in [6, 6.07) is 5.47. The summed E-state index contributed by atoms with van der Waals surface area (Å²) in [6.07, 6.45) is -1.08. The van der Waals surface area contributed by atoms with Crippen molar-refractivity contribution in [1.82, 2.24) is 0 Å². The molecule has 0 nitrogen and oxygen atoms in total. The number of rotatable bonds is 1. The summed E-state index contributed by atoms with van der Waals surface area (Å²) in [5.41, 5.74) is 2.88. The fourth-order valence-corrected chi connectivity index (χ4v) is 2.15. The summed E-state index contributed by atoms with van der Waals surface area (Å²) in [7, 11) is 0. The molecule has 0 radical (unpaired) electrons. The molecule has 0 spiro atoms. The molecule has 3 heteroatoms. The second-order valence-electron chi connectivity index (χ2n) is 4.19. The molecule has 86 valence electrons. The van der Waals surface area contributed by atoms with Gasteiger partial charge >= 0.3 is 6.18 Å². The molecule has 0 saturated carbocycles. The van der Waals surface area contributed by atoms with Gasteiger partial charge in [-0.25, -0.2) is 0 Å². The number of halogens is 3. The van der Waals surface area contributed by atoms with Crippen molar-refractivity contribution in [2.45, 2.75) is 32.4 Å². The first-order valence-electron chi connectivity index (χ1n) is 5.35. The van der Waals surface area contributed by atoms with Gasteiger partial charge in [0.2, 0.25) is 0 Å². The predicted octanol–water partition coefficient (Wildman–Crippen LogP) is 4.66. The monoisotopic (exact) mass is 226 g/mol. The van der Waals surface area contributed by atoms with Gasteiger partial charge in [0.25, 0.3) is 0 Å². The SMILES string of the molecule is CC1=C(c2ccc(C(F)(F)F)cc2)CCC1. The summed E-state index contributed by atoms with van der Waals surface area (Å²) < 4.78 is 37.1. The Morgan fingerprint density at radius 3 is 2.06 bits per heavy atom. The summed E-state index contributed by atoms with van der Waals surface area (Å²) >= 11 is 0. The molecule has 0 heterocycles. The molecular weight excluding hydrogens is 213 g/mol. The summed E-state index contributed by atoms with van der Waals surface area (Å²) in [4.78, 5) is 0. The third kappa shape index (κ3) is 2.13. The van der Waals surface area contributed by atoms with Crippen molar-refractivity contribution in [3.8, 4) is 0 Å². The third-order valence-electron chi connectivity index (χ3n) is 3.05. The van der Waals surface area contributed by atoms with Crippen LogP contribution in [0.1, 0.15) is 37.3 Å². The lowest BCUT2D eigenvalue weighted by Gasteiger charge is -2.08. The summed E-state index contributed by atoms with van der Waals surface area (Å²) in [5.74, 6) is 0. The molecule has 0 aliphatic heterocycles. The minimum Gasteiger partial charge on any atom is -0.166 e. The average Bonchev–Trinajstić information content (AvgIpc) is 2.63. The number of hydrogen-bond donors (Lipinski definition) is 0. The van der Waals surface area contributed by atoms with E-state index in [0.717, 1.165) is 37.0 Å². The number of allylic oxidation sites excluding steroid dienone is 2. The topological polar surface area (TPSA) is 0 Å². The maximum atomic E-state index is 12.4. The van der Waals surface area contributed by atoms with E-state index < -0.39 is 11.7 Å². The van der Waals surface area contributed by atoms with Crippen LogP contribution in [0.3, 0.4) is 0 Å². The van der Waals surface area contributed by atoms with Crippen LogP contribution in [-0.2, 0) is 6.18 Å². The van der Waals surface area contributed by atoms with Crippen LogP contribution in [0.25, 0.3) is 5.57 Å². The van der Waals surface area contributed by atoms with Gasteiger partial charge in [-0.1, -0.05) is 17.7 Å². The van der Waals surface area contributed by atoms with Crippen LogP contribution in [0, 0.1) is 0 Å². The molecule has 0 saturated heterocycles. The van der Waals surface area contributed by atoms with Crippen molar-refractivity contribution in [3.63, 3.8) is 0 Å². The fourth-order valence-electron chi connectivity index (χ4n) is 2.15. The predicted molar refractivity (Wildman–Crippen MR) is 57.9 cm³/mol. The Morgan fingerprint density at radius 1 is 1.00 bits per heavy atom. The first kappa shape index (κ1) is 11.2. The molecule has 2 rings (SSSR count). The van der Waals surface area contributed by atoms with Crippen molar-refractivity contribution in [2.75, 3.05) is 0 Å². The van der Waals surface area contributed by atoms with Crippen molar-refractivity contribution >= 4 is 5.57 Å². The standard InChI is InChI=1S/C13H13F3/c1-9-3-2-4-12(9)10-5-7-11(8-6-10)13(14,15)16/h5-8H,2-4H2,1H3. The molecule has 0 unspecified atom stereocenters. The van der Waals surface area contributed by atoms with E-state index in [9.17, 15) is 13.2 Å². The highest BCUT2D eigenvalue weighted by molar-refractivity contribution is 5.70. The second kappa shape index (κ2) is 3.96. The molecule has 0 aromatic heterocycles. The van der Waals surface area contributed by atoms with E-state index in [1.807, 2.05) is 0 Å². The van der Waals surface area contributed by atoms with E-state index in [-0.39, 0.29) is 0 Å². The Kier molecular flexibility index (Phi) is 2.78. The Balaban J connectivity index is 2.30. The van der Waals surface area contributed by atoms with Gasteiger partial charge in [0.05, 0.1) is 5.56 Å². The van der Waals surface area contributed by atoms with Crippen molar-refractivity contribution in [2.24, 2.45) is 0 Å². The zero-order valence-electron chi connectivity index (χ0n) is 9.06. The van der Waals surface area contributed by atoms with Gasteiger partial charge in [-0.15, -0.1) is 0 Å². The maximum Gasteiger partial charge on any atom is 0.416 e. The lowest BCUT2D eigenvalue weighted by molar-refractivity contribution is -0.137. The smallest absolute Gasteiger partial charge is 0.166 e. The van der Waals surface area contributed by atoms with Crippen LogP contribution in [0.15, 0.2) is 29.8 Å². The van der Waals surface area contributed by atoms with E-state index in [2.05, 4.69) is 6.92 Å². The van der Waals surface area contributed by atoms with Gasteiger partial charge in [0.1, 0.15) is 0 Å². The van der Waals surface area contributed by atoms with Crippen LogP contribution in [0.2, 0.25) is 0 Å². The highest BCUT2D eigenvalue weighted by atomic mass is 19.4. The van der Waals surface area contributed by atoms with Crippen LogP contribution in [-0.4, -0.2) is 0 Å². The minimum absolute atomic E-state index is 0.576. The number of hydrogen-bond acceptors (Lipinski definition) is 0. The zero-order valence-corrected chi connectivity index (χ0v) is 9.06. The lowest BCUT2D eigenvalue weighted by atomic mass is 10.0. The second-order valence-corrected chi connectivity index (χ2v) is 4.19. The van der Waals surface area contributed by atoms with Gasteiger partial charge < -0.3 is 0 Å². The van der Waals surface area contributed by atoms with E-state index in [0.29, 0.717) is 0 Å². The van der Waals surface area contributed by atoms with E-state index in [1.165, 1.54) is 11.1 Å². The van der Waals surface area contributed by atoms with Gasteiger partial charge in [-0.2, -0.15) is 13.2 Å². The first-order chi connectivity index (χ1) is 7.48. The molecule has 16 heavy (non-hydrogen) atoms. The number of benzene rings is 1. The molecule has 0 fully saturated rings. The molecule has 0 amide bonds. The van der Waals surface area contributed by atoms with Crippen LogP contribution in [0.5, 0.6) is 0 Å². The van der Waals surface area contributed by atoms with Crippen LogP contribution >= 0.6 is 0 Å². The van der Waals surface area contributed by atoms with Gasteiger partial charge in [-0.3, -0.25) is 0 Å². The summed E-state index contributed by atoms with van der Waals surface area (Å²) in [5, 5.41) is 0. The first-order valence-corrected chi connectivity index (χ1v) is 5.35. The maximum absolute atomic E-state index is 12.4. The normalized spacial score (nSPS) is 17.0. The quantitative estimate of drug-likeness (QED) is 0.653. The lowest BCUT2D eigenvalue weighted by Crippen LogP contribution is -2.04. The minimum atomic E-state index is -4.24. The van der Waals surface area contributed by atoms with Gasteiger partial charge in [-0.05, 0) is 49.5 Å². The molecule has 1 aromatic carbocycles. The molecule has 0 atom stereocenters. The van der Waals surface area contributed by atoms with Gasteiger partial charge in [0.15, 0.2) is 0 Å². The highest BCUT2D eigenvalue weighted by Crippen LogP contribution is 2.35. The summed E-state index contributed by atoms with van der Waals surface area (Å²) in [6.45, 7) is 2.06. The fraction of sp³-hybridized carbons (Fsp3) is 0.385. The van der Waals surface area contributed by atoms with E-state index >= 15 is 0 Å². The molecule has 0 N–H and O–H groups in total. The Labute approximate surface area is 92.8 Å². The number of alkyl halides is 3. The molecule has 1 aliphatic carbocycles. The molecular formula is C13H13F3. The van der Waals surface area contributed by atoms with E-state index in [1.54, 1.807) is 12.1 Å². The van der Waals surface area contributed by atoms with Crippen molar-refractivity contribution in [3.05, 3.63) is 41.0 Å². The Morgan fingerprint density at radius 2 is 1.62 bits per heavy atom. The molecule has 1 aromatic rings. The van der Waals surface area contributed by atoms with Crippen LogP contribution in [0.4, 0.5) is 13.2 Å². The molecule has 1 aliphatic rings. The largest absolute Gasteiger partial charge is 0.416 e. The third-order valence-corrected chi connectivity index (χ3v) is 3.05. The zero-order chi connectivity index (χ0) is 11.8.